The number of hydrogen-bond acceptors (Lipinski definition) is 3. The highest BCUT2D eigenvalue weighted by atomic mass is 19.1. The van der Waals surface area contributed by atoms with Gasteiger partial charge in [-0.25, -0.2) is 4.39 Å². The van der Waals surface area contributed by atoms with E-state index in [4.69, 9.17) is 0 Å². The Balaban J connectivity index is 2.73. The van der Waals surface area contributed by atoms with E-state index in [1.165, 1.54) is 12.3 Å². The number of likely N-dealkylation sites (N-methyl/N-ethyl adjacent to an activating group) is 1. The van der Waals surface area contributed by atoms with Gasteiger partial charge >= 0.3 is 0 Å². The normalized spacial score (nSPS) is 12.9. The summed E-state index contributed by atoms with van der Waals surface area (Å²) in [6.45, 7) is 0.394. The topological polar surface area (TPSA) is 45.1 Å². The molecule has 0 aliphatic rings. The summed E-state index contributed by atoms with van der Waals surface area (Å²) in [5.41, 5.74) is 0.490. The minimum Gasteiger partial charge on any atom is -0.387 e. The molecule has 0 radical (unpaired) electrons. The van der Waals surface area contributed by atoms with Crippen LogP contribution in [0.4, 0.5) is 4.39 Å². The first-order chi connectivity index (χ1) is 5.74. The molecule has 4 heteroatoms. The molecule has 0 spiro atoms. The minimum atomic E-state index is -0.696. The summed E-state index contributed by atoms with van der Waals surface area (Å²) in [4.78, 5) is 3.62. The molecule has 0 saturated carbocycles. The molecule has 0 aliphatic heterocycles. The largest absolute Gasteiger partial charge is 0.387 e. The predicted octanol–water partition coefficient (Wildman–Crippen LogP) is 0.474. The van der Waals surface area contributed by atoms with Crippen LogP contribution in [0.5, 0.6) is 0 Å². The summed E-state index contributed by atoms with van der Waals surface area (Å²) in [7, 11) is 1.72. The summed E-state index contributed by atoms with van der Waals surface area (Å²) >= 11 is 0. The van der Waals surface area contributed by atoms with E-state index in [0.717, 1.165) is 6.20 Å². The molecule has 3 nitrogen and oxygen atoms in total. The first-order valence-electron chi connectivity index (χ1n) is 3.67. The Bertz CT molecular complexity index is 255. The fourth-order valence-corrected chi connectivity index (χ4v) is 0.922. The highest BCUT2D eigenvalue weighted by Crippen LogP contribution is 2.10. The first-order valence-corrected chi connectivity index (χ1v) is 3.67. The monoisotopic (exact) mass is 170 g/mol. The van der Waals surface area contributed by atoms with E-state index in [0.29, 0.717) is 12.1 Å². The average molecular weight is 170 g/mol. The molecule has 1 aromatic rings. The smallest absolute Gasteiger partial charge is 0.141 e. The maximum absolute atomic E-state index is 12.6. The zero-order valence-corrected chi connectivity index (χ0v) is 6.79. The van der Waals surface area contributed by atoms with Crippen molar-refractivity contribution in [2.75, 3.05) is 13.6 Å². The zero-order chi connectivity index (χ0) is 8.97. The number of hydrogen-bond donors (Lipinski definition) is 2. The van der Waals surface area contributed by atoms with E-state index in [1.54, 1.807) is 7.05 Å². The van der Waals surface area contributed by atoms with Crippen molar-refractivity contribution < 1.29 is 9.50 Å². The van der Waals surface area contributed by atoms with Crippen LogP contribution in [-0.2, 0) is 0 Å². The molecule has 2 N–H and O–H groups in total. The van der Waals surface area contributed by atoms with Crippen LogP contribution in [0.2, 0.25) is 0 Å². The molecular weight excluding hydrogens is 159 g/mol. The van der Waals surface area contributed by atoms with Crippen molar-refractivity contribution in [1.29, 1.82) is 0 Å². The lowest BCUT2D eigenvalue weighted by molar-refractivity contribution is 0.177. The van der Waals surface area contributed by atoms with Crippen molar-refractivity contribution in [2.45, 2.75) is 6.10 Å². The number of nitrogens with zero attached hydrogens (tertiary/aromatic N) is 1. The maximum Gasteiger partial charge on any atom is 0.141 e. The molecule has 1 rings (SSSR count). The standard InChI is InChI=1S/C8H11FN2O/c1-10-5-8(12)6-2-7(9)4-11-3-6/h2-4,8,10,12H,5H2,1H3. The summed E-state index contributed by atoms with van der Waals surface area (Å²) in [5.74, 6) is -0.428. The number of rotatable bonds is 3. The minimum absolute atomic E-state index is 0.394. The molecular formula is C8H11FN2O. The SMILES string of the molecule is CNCC(O)c1cncc(F)c1. The van der Waals surface area contributed by atoms with E-state index in [9.17, 15) is 9.50 Å². The van der Waals surface area contributed by atoms with Gasteiger partial charge < -0.3 is 10.4 Å². The van der Waals surface area contributed by atoms with E-state index < -0.39 is 11.9 Å². The van der Waals surface area contributed by atoms with Gasteiger partial charge in [-0.3, -0.25) is 4.98 Å². The van der Waals surface area contributed by atoms with Gasteiger partial charge in [-0.15, -0.1) is 0 Å². The Labute approximate surface area is 70.3 Å². The number of nitrogens with one attached hydrogen (secondary N) is 1. The van der Waals surface area contributed by atoms with Gasteiger partial charge in [-0.1, -0.05) is 0 Å². The molecule has 1 unspecified atom stereocenters. The van der Waals surface area contributed by atoms with Crippen molar-refractivity contribution in [1.82, 2.24) is 10.3 Å². The third kappa shape index (κ3) is 2.25. The fraction of sp³-hybridized carbons (Fsp3) is 0.375. The summed E-state index contributed by atoms with van der Waals surface area (Å²) in [5, 5.41) is 12.2. The van der Waals surface area contributed by atoms with Gasteiger partial charge in [0.1, 0.15) is 5.82 Å². The molecule has 0 fully saturated rings. The number of aromatic nitrogens is 1. The highest BCUT2D eigenvalue weighted by molar-refractivity contribution is 5.13. The predicted molar refractivity (Wildman–Crippen MR) is 43.1 cm³/mol. The fourth-order valence-electron chi connectivity index (χ4n) is 0.922. The molecule has 0 saturated heterocycles. The third-order valence-electron chi connectivity index (χ3n) is 1.51. The second-order valence-electron chi connectivity index (χ2n) is 2.51. The van der Waals surface area contributed by atoms with E-state index in [-0.39, 0.29) is 0 Å². The Morgan fingerprint density at radius 1 is 1.67 bits per heavy atom. The van der Waals surface area contributed by atoms with Gasteiger partial charge in [-0.2, -0.15) is 0 Å². The Morgan fingerprint density at radius 3 is 3.00 bits per heavy atom. The van der Waals surface area contributed by atoms with E-state index in [1.807, 2.05) is 0 Å². The molecule has 12 heavy (non-hydrogen) atoms. The van der Waals surface area contributed by atoms with Crippen LogP contribution < -0.4 is 5.32 Å². The highest BCUT2D eigenvalue weighted by Gasteiger charge is 2.06. The van der Waals surface area contributed by atoms with Crippen molar-refractivity contribution in [3.63, 3.8) is 0 Å². The van der Waals surface area contributed by atoms with Crippen molar-refractivity contribution in [3.05, 3.63) is 29.8 Å². The second-order valence-corrected chi connectivity index (χ2v) is 2.51. The summed E-state index contributed by atoms with van der Waals surface area (Å²) in [6, 6.07) is 1.27. The van der Waals surface area contributed by atoms with Crippen LogP contribution in [0, 0.1) is 5.82 Å². The molecule has 1 aromatic heterocycles. The van der Waals surface area contributed by atoms with Crippen LogP contribution in [0.3, 0.4) is 0 Å². The van der Waals surface area contributed by atoms with Gasteiger partial charge in [0.05, 0.1) is 12.3 Å². The van der Waals surface area contributed by atoms with Crippen molar-refractivity contribution >= 4 is 0 Å². The number of aliphatic hydroxyl groups excluding tert-OH is 1. The molecule has 0 amide bonds. The zero-order valence-electron chi connectivity index (χ0n) is 6.79. The van der Waals surface area contributed by atoms with Crippen LogP contribution in [0.15, 0.2) is 18.5 Å². The number of pyridine rings is 1. The summed E-state index contributed by atoms with van der Waals surface area (Å²) in [6.07, 6.45) is 1.86. The van der Waals surface area contributed by atoms with Crippen LogP contribution in [-0.4, -0.2) is 23.7 Å². The van der Waals surface area contributed by atoms with Gasteiger partial charge in [-0.05, 0) is 13.1 Å². The van der Waals surface area contributed by atoms with Crippen LogP contribution >= 0.6 is 0 Å². The van der Waals surface area contributed by atoms with Gasteiger partial charge in [0.2, 0.25) is 0 Å². The molecule has 0 aliphatic carbocycles. The molecule has 1 heterocycles. The van der Waals surface area contributed by atoms with Gasteiger partial charge in [0, 0.05) is 18.3 Å². The average Bonchev–Trinajstić information content (AvgIpc) is 2.05. The molecule has 66 valence electrons. The molecule has 0 bridgehead atoms. The third-order valence-corrected chi connectivity index (χ3v) is 1.51. The Morgan fingerprint density at radius 2 is 2.42 bits per heavy atom. The van der Waals surface area contributed by atoms with Crippen molar-refractivity contribution in [3.8, 4) is 0 Å². The maximum atomic E-state index is 12.6. The Kier molecular flexibility index (Phi) is 3.13. The van der Waals surface area contributed by atoms with Gasteiger partial charge in [0.25, 0.3) is 0 Å². The van der Waals surface area contributed by atoms with Crippen LogP contribution in [0.25, 0.3) is 0 Å². The quantitative estimate of drug-likeness (QED) is 0.693. The van der Waals surface area contributed by atoms with Gasteiger partial charge in [0.15, 0.2) is 0 Å². The first kappa shape index (κ1) is 9.09. The molecule has 0 aromatic carbocycles. The van der Waals surface area contributed by atoms with Crippen LogP contribution in [0.1, 0.15) is 11.7 Å². The van der Waals surface area contributed by atoms with E-state index >= 15 is 0 Å². The second kappa shape index (κ2) is 4.13. The lowest BCUT2D eigenvalue weighted by Gasteiger charge is -2.08. The lowest BCUT2D eigenvalue weighted by Crippen LogP contribution is -2.16. The Hall–Kier alpha value is -1.00. The van der Waals surface area contributed by atoms with Crippen molar-refractivity contribution in [2.24, 2.45) is 0 Å². The number of aliphatic hydroxyl groups is 1. The van der Waals surface area contributed by atoms with E-state index in [2.05, 4.69) is 10.3 Å². The lowest BCUT2D eigenvalue weighted by atomic mass is 10.1. The number of halogens is 1. The summed E-state index contributed by atoms with van der Waals surface area (Å²) < 4.78 is 12.6. The molecule has 1 atom stereocenters.